The zero-order valence-electron chi connectivity index (χ0n) is 14.2. The molecule has 0 saturated carbocycles. The largest absolute Gasteiger partial charge is 0.332 e. The van der Waals surface area contributed by atoms with E-state index < -0.39 is 0 Å². The predicted molar refractivity (Wildman–Crippen MR) is 93.1 cm³/mol. The lowest BCUT2D eigenvalue weighted by molar-refractivity contribution is -0.116. The summed E-state index contributed by atoms with van der Waals surface area (Å²) in [6.07, 6.45) is 1.62. The van der Waals surface area contributed by atoms with Crippen LogP contribution in [0.1, 0.15) is 15.9 Å². The molecule has 0 fully saturated rings. The minimum atomic E-state index is -0.311. The molecule has 0 aliphatic heterocycles. The van der Waals surface area contributed by atoms with E-state index in [9.17, 15) is 9.59 Å². The summed E-state index contributed by atoms with van der Waals surface area (Å²) in [7, 11) is 3.36. The lowest BCUT2D eigenvalue weighted by Gasteiger charge is -2.16. The number of pyridine rings is 1. The van der Waals surface area contributed by atoms with Gasteiger partial charge in [0.25, 0.3) is 5.91 Å². The smallest absolute Gasteiger partial charge is 0.254 e. The van der Waals surface area contributed by atoms with Crippen molar-refractivity contribution >= 4 is 28.7 Å². The molecule has 0 aliphatic carbocycles. The number of amides is 2. The van der Waals surface area contributed by atoms with E-state index in [2.05, 4.69) is 20.6 Å². The quantitative estimate of drug-likeness (QED) is 0.776. The Morgan fingerprint density at radius 2 is 2.04 bits per heavy atom. The Balaban J connectivity index is 1.67. The minimum absolute atomic E-state index is 0.0764. The number of hydrogen-bond acceptors (Lipinski definition) is 5. The number of aromatic nitrogens is 4. The number of rotatable bonds is 4. The van der Waals surface area contributed by atoms with Crippen molar-refractivity contribution in [1.82, 2.24) is 24.9 Å². The van der Waals surface area contributed by atoms with Crippen molar-refractivity contribution in [2.75, 3.05) is 18.9 Å². The number of nitrogens with one attached hydrogen (secondary N) is 1. The molecule has 0 unspecified atom stereocenters. The molecule has 0 aliphatic rings. The normalized spacial score (nSPS) is 10.7. The van der Waals surface area contributed by atoms with Crippen molar-refractivity contribution < 1.29 is 9.59 Å². The van der Waals surface area contributed by atoms with Crippen molar-refractivity contribution in [2.24, 2.45) is 7.05 Å². The monoisotopic (exact) mass is 338 g/mol. The van der Waals surface area contributed by atoms with E-state index in [-0.39, 0.29) is 18.4 Å². The molecule has 1 N–H and O–H groups in total. The van der Waals surface area contributed by atoms with E-state index in [1.807, 2.05) is 13.0 Å². The Bertz CT molecular complexity index is 949. The molecule has 0 spiro atoms. The van der Waals surface area contributed by atoms with Crippen LogP contribution in [-0.4, -0.2) is 50.3 Å². The maximum Gasteiger partial charge on any atom is 0.254 e. The highest BCUT2D eigenvalue weighted by Gasteiger charge is 2.16. The molecule has 2 aromatic heterocycles. The summed E-state index contributed by atoms with van der Waals surface area (Å²) in [4.78, 5) is 30.1. The van der Waals surface area contributed by atoms with Crippen LogP contribution in [0, 0.1) is 6.92 Å². The highest BCUT2D eigenvalue weighted by molar-refractivity contribution is 6.00. The molecule has 3 rings (SSSR count). The van der Waals surface area contributed by atoms with Crippen LogP contribution in [0.25, 0.3) is 11.0 Å². The summed E-state index contributed by atoms with van der Waals surface area (Å²) in [6, 6.07) is 8.76. The van der Waals surface area contributed by atoms with E-state index in [4.69, 9.17) is 0 Å². The van der Waals surface area contributed by atoms with E-state index in [1.165, 1.54) is 4.90 Å². The van der Waals surface area contributed by atoms with Gasteiger partial charge in [0.1, 0.15) is 11.3 Å². The highest BCUT2D eigenvalue weighted by Crippen LogP contribution is 2.14. The topological polar surface area (TPSA) is 93.0 Å². The maximum atomic E-state index is 12.5. The Morgan fingerprint density at radius 1 is 1.24 bits per heavy atom. The Hall–Kier alpha value is -3.29. The minimum Gasteiger partial charge on any atom is -0.332 e. The van der Waals surface area contributed by atoms with Crippen LogP contribution in [0.15, 0.2) is 36.5 Å². The molecule has 0 atom stereocenters. The van der Waals surface area contributed by atoms with Crippen LogP contribution in [-0.2, 0) is 11.8 Å². The molecule has 8 nitrogen and oxygen atoms in total. The third-order valence-corrected chi connectivity index (χ3v) is 3.77. The lowest BCUT2D eigenvalue weighted by Crippen LogP contribution is -2.35. The fraction of sp³-hybridized carbons (Fsp3) is 0.235. The summed E-state index contributed by atoms with van der Waals surface area (Å²) >= 11 is 0. The van der Waals surface area contributed by atoms with E-state index >= 15 is 0 Å². The first-order valence-electron chi connectivity index (χ1n) is 7.71. The molecule has 3 aromatic rings. The average Bonchev–Trinajstić information content (AvgIpc) is 2.94. The van der Waals surface area contributed by atoms with Crippen LogP contribution < -0.4 is 5.32 Å². The molecule has 128 valence electrons. The summed E-state index contributed by atoms with van der Waals surface area (Å²) < 4.78 is 1.63. The molecule has 0 radical (unpaired) electrons. The zero-order valence-corrected chi connectivity index (χ0v) is 14.2. The molecular formula is C17H18N6O2. The second-order valence-electron chi connectivity index (χ2n) is 5.84. The number of benzene rings is 1. The number of anilines is 1. The van der Waals surface area contributed by atoms with Gasteiger partial charge >= 0.3 is 0 Å². The van der Waals surface area contributed by atoms with Gasteiger partial charge in [-0.3, -0.25) is 9.59 Å². The lowest BCUT2D eigenvalue weighted by atomic mass is 10.1. The first-order valence-corrected chi connectivity index (χ1v) is 7.71. The van der Waals surface area contributed by atoms with Crippen LogP contribution in [0.4, 0.5) is 5.82 Å². The third-order valence-electron chi connectivity index (χ3n) is 3.77. The molecule has 2 amide bonds. The predicted octanol–water partition coefficient (Wildman–Crippen LogP) is 1.38. The van der Waals surface area contributed by atoms with Gasteiger partial charge in [-0.1, -0.05) is 5.21 Å². The second kappa shape index (κ2) is 6.68. The second-order valence-corrected chi connectivity index (χ2v) is 5.84. The SMILES string of the molecule is Cc1ccnc(NC(=O)CN(C)C(=O)c2ccc3c(c2)nnn3C)c1. The number of likely N-dealkylation sites (N-methyl/N-ethyl adjacent to an activating group) is 1. The van der Waals surface area contributed by atoms with Crippen LogP contribution in [0.3, 0.4) is 0 Å². The van der Waals surface area contributed by atoms with Gasteiger partial charge in [-0.25, -0.2) is 9.67 Å². The number of aryl methyl sites for hydroxylation is 2. The van der Waals surface area contributed by atoms with Crippen molar-refractivity contribution in [1.29, 1.82) is 0 Å². The number of carbonyl (C=O) groups excluding carboxylic acids is 2. The molecule has 1 aromatic carbocycles. The van der Waals surface area contributed by atoms with Crippen molar-refractivity contribution in [3.63, 3.8) is 0 Å². The van der Waals surface area contributed by atoms with Crippen LogP contribution >= 0.6 is 0 Å². The molecule has 8 heteroatoms. The van der Waals surface area contributed by atoms with Crippen molar-refractivity contribution in [2.45, 2.75) is 6.92 Å². The number of hydrogen-bond donors (Lipinski definition) is 1. The summed E-state index contributed by atoms with van der Waals surface area (Å²) in [5, 5.41) is 10.6. The first-order chi connectivity index (χ1) is 11.9. The van der Waals surface area contributed by atoms with Gasteiger partial charge in [0, 0.05) is 25.9 Å². The molecule has 0 bridgehead atoms. The van der Waals surface area contributed by atoms with E-state index in [1.54, 1.807) is 49.2 Å². The Kier molecular flexibility index (Phi) is 4.42. The summed E-state index contributed by atoms with van der Waals surface area (Å²) in [6.45, 7) is 1.84. The molecule has 25 heavy (non-hydrogen) atoms. The van der Waals surface area contributed by atoms with E-state index in [0.717, 1.165) is 11.1 Å². The fourth-order valence-corrected chi connectivity index (χ4v) is 2.47. The van der Waals surface area contributed by atoms with E-state index in [0.29, 0.717) is 16.9 Å². The Morgan fingerprint density at radius 3 is 2.80 bits per heavy atom. The van der Waals surface area contributed by atoms with Gasteiger partial charge in [0.05, 0.1) is 12.1 Å². The van der Waals surface area contributed by atoms with Gasteiger partial charge in [-0.2, -0.15) is 0 Å². The number of fused-ring (bicyclic) bond motifs is 1. The van der Waals surface area contributed by atoms with Crippen LogP contribution in [0.2, 0.25) is 0 Å². The first kappa shape index (κ1) is 16.6. The number of carbonyl (C=O) groups is 2. The zero-order chi connectivity index (χ0) is 18.0. The summed E-state index contributed by atoms with van der Waals surface area (Å²) in [5.41, 5.74) is 2.92. The maximum absolute atomic E-state index is 12.5. The summed E-state index contributed by atoms with van der Waals surface area (Å²) in [5.74, 6) is -0.110. The van der Waals surface area contributed by atoms with Gasteiger partial charge < -0.3 is 10.2 Å². The van der Waals surface area contributed by atoms with Gasteiger partial charge in [0.2, 0.25) is 5.91 Å². The van der Waals surface area contributed by atoms with Crippen LogP contribution in [0.5, 0.6) is 0 Å². The molecular weight excluding hydrogens is 320 g/mol. The van der Waals surface area contributed by atoms with Gasteiger partial charge in [-0.15, -0.1) is 5.10 Å². The number of nitrogens with zero attached hydrogens (tertiary/aromatic N) is 5. The Labute approximate surface area is 144 Å². The molecule has 2 heterocycles. The van der Waals surface area contributed by atoms with Gasteiger partial charge in [-0.05, 0) is 42.8 Å². The van der Waals surface area contributed by atoms with Gasteiger partial charge in [0.15, 0.2) is 0 Å². The molecule has 0 saturated heterocycles. The fourth-order valence-electron chi connectivity index (χ4n) is 2.47. The van der Waals surface area contributed by atoms with Crippen molar-refractivity contribution in [3.8, 4) is 0 Å². The van der Waals surface area contributed by atoms with Crippen molar-refractivity contribution in [3.05, 3.63) is 47.7 Å². The highest BCUT2D eigenvalue weighted by atomic mass is 16.2. The average molecular weight is 338 g/mol. The standard InChI is InChI=1S/C17H18N6O2/c1-11-6-7-18-15(8-11)19-16(24)10-22(2)17(25)12-4-5-14-13(9-12)20-21-23(14)3/h4-9H,10H2,1-3H3,(H,18,19,24). The third kappa shape index (κ3) is 3.63.